The monoisotopic (exact) mass is 218 g/mol. The predicted octanol–water partition coefficient (Wildman–Crippen LogP) is 5.59. The maximum absolute atomic E-state index is 2.26. The molecule has 0 aliphatic rings. The molecular weight excluding hydrogens is 192 g/mol. The van der Waals surface area contributed by atoms with Crippen molar-refractivity contribution < 1.29 is 0 Å². The first kappa shape index (κ1) is 15.0. The zero-order valence-electron chi connectivity index (χ0n) is 10.9. The van der Waals surface area contributed by atoms with E-state index in [9.17, 15) is 0 Å². The summed E-state index contributed by atoms with van der Waals surface area (Å²) in [7, 11) is 0. The molecule has 0 N–H and O–H groups in total. The van der Waals surface area contributed by atoms with Crippen LogP contribution in [0.4, 0.5) is 0 Å². The van der Waals surface area contributed by atoms with Crippen molar-refractivity contribution in [2.24, 2.45) is 0 Å². The minimum absolute atomic E-state index is 1.11. The fourth-order valence-corrected chi connectivity index (χ4v) is 1.39. The number of unbranched alkanes of at least 4 members (excludes halogenated alkanes) is 4. The number of hydrogen-bond acceptors (Lipinski definition) is 0. The third-order valence-electron chi connectivity index (χ3n) is 2.32. The first-order valence-corrected chi connectivity index (χ1v) is 6.51. The standard InChI is InChI=1S/C16H26/c1-3-5-7-9-11-13-15-16-14-12-10-8-6-4-2/h3,5-6,8,10,12,14,16H,4,7,9,11,13,15H2,1-2H3/b5-3+,8-6+,12-10+,16-14+. The Morgan fingerprint density at radius 2 is 1.31 bits per heavy atom. The van der Waals surface area contributed by atoms with Crippen LogP contribution in [0.3, 0.4) is 0 Å². The lowest BCUT2D eigenvalue weighted by Crippen LogP contribution is -1.74. The van der Waals surface area contributed by atoms with Gasteiger partial charge in [-0.1, -0.05) is 62.0 Å². The SMILES string of the molecule is C/C=C/CCCCC/C=C/C=C/C=C/CC. The summed E-state index contributed by atoms with van der Waals surface area (Å²) in [4.78, 5) is 0. The van der Waals surface area contributed by atoms with Gasteiger partial charge in [0.15, 0.2) is 0 Å². The van der Waals surface area contributed by atoms with Gasteiger partial charge in [-0.15, -0.1) is 0 Å². The van der Waals surface area contributed by atoms with E-state index in [1.807, 2.05) is 0 Å². The molecule has 0 unspecified atom stereocenters. The maximum Gasteiger partial charge on any atom is -0.0348 e. The van der Waals surface area contributed by atoms with Crippen LogP contribution in [0, 0.1) is 0 Å². The quantitative estimate of drug-likeness (QED) is 0.269. The Labute approximate surface area is 101 Å². The van der Waals surface area contributed by atoms with Crippen LogP contribution in [0.1, 0.15) is 52.4 Å². The van der Waals surface area contributed by atoms with Gasteiger partial charge in [-0.25, -0.2) is 0 Å². The van der Waals surface area contributed by atoms with Crippen molar-refractivity contribution in [3.05, 3.63) is 48.6 Å². The molecule has 0 aliphatic carbocycles. The second-order valence-electron chi connectivity index (χ2n) is 3.86. The Kier molecular flexibility index (Phi) is 13.1. The van der Waals surface area contributed by atoms with Crippen LogP contribution >= 0.6 is 0 Å². The lowest BCUT2D eigenvalue weighted by atomic mass is 10.1. The van der Waals surface area contributed by atoms with E-state index in [1.54, 1.807) is 0 Å². The average Bonchev–Trinajstić information content (AvgIpc) is 2.31. The normalized spacial score (nSPS) is 12.9. The van der Waals surface area contributed by atoms with Crippen LogP contribution in [0.25, 0.3) is 0 Å². The van der Waals surface area contributed by atoms with Gasteiger partial charge in [0.1, 0.15) is 0 Å². The molecule has 90 valence electrons. The molecule has 0 nitrogen and oxygen atoms in total. The molecule has 16 heavy (non-hydrogen) atoms. The lowest BCUT2D eigenvalue weighted by Gasteiger charge is -1.94. The molecule has 0 radical (unpaired) electrons. The van der Waals surface area contributed by atoms with Crippen molar-refractivity contribution in [1.82, 2.24) is 0 Å². The topological polar surface area (TPSA) is 0 Å². The molecule has 0 amide bonds. The molecule has 0 atom stereocenters. The Bertz CT molecular complexity index is 228. The first-order valence-electron chi connectivity index (χ1n) is 6.51. The van der Waals surface area contributed by atoms with Crippen molar-refractivity contribution in [2.45, 2.75) is 52.4 Å². The van der Waals surface area contributed by atoms with E-state index < -0.39 is 0 Å². The highest BCUT2D eigenvalue weighted by Crippen LogP contribution is 2.04. The molecule has 0 rings (SSSR count). The fraction of sp³-hybridized carbons (Fsp3) is 0.500. The Hall–Kier alpha value is -1.04. The highest BCUT2D eigenvalue weighted by atomic mass is 13.9. The minimum Gasteiger partial charge on any atom is -0.0917 e. The largest absolute Gasteiger partial charge is 0.0917 e. The van der Waals surface area contributed by atoms with Crippen LogP contribution in [0.5, 0.6) is 0 Å². The zero-order chi connectivity index (χ0) is 11.9. The summed E-state index contributed by atoms with van der Waals surface area (Å²) in [6.45, 7) is 4.23. The van der Waals surface area contributed by atoms with Crippen molar-refractivity contribution >= 4 is 0 Å². The van der Waals surface area contributed by atoms with Gasteiger partial charge >= 0.3 is 0 Å². The van der Waals surface area contributed by atoms with E-state index in [4.69, 9.17) is 0 Å². The second kappa shape index (κ2) is 14.0. The van der Waals surface area contributed by atoms with Crippen molar-refractivity contribution in [2.75, 3.05) is 0 Å². The second-order valence-corrected chi connectivity index (χ2v) is 3.86. The smallest absolute Gasteiger partial charge is 0.0348 e. The predicted molar refractivity (Wildman–Crippen MR) is 75.6 cm³/mol. The highest BCUT2D eigenvalue weighted by Gasteiger charge is 1.84. The highest BCUT2D eigenvalue weighted by molar-refractivity contribution is 5.10. The molecule has 0 aromatic carbocycles. The van der Waals surface area contributed by atoms with Crippen molar-refractivity contribution in [1.29, 1.82) is 0 Å². The fourth-order valence-electron chi connectivity index (χ4n) is 1.39. The molecule has 0 aliphatic heterocycles. The molecule has 0 aromatic rings. The lowest BCUT2D eigenvalue weighted by molar-refractivity contribution is 0.696. The van der Waals surface area contributed by atoms with E-state index in [0.717, 1.165) is 6.42 Å². The van der Waals surface area contributed by atoms with Crippen LogP contribution in [0.15, 0.2) is 48.6 Å². The van der Waals surface area contributed by atoms with Crippen molar-refractivity contribution in [3.63, 3.8) is 0 Å². The van der Waals surface area contributed by atoms with Crippen LogP contribution < -0.4 is 0 Å². The summed E-state index contributed by atoms with van der Waals surface area (Å²) in [6, 6.07) is 0. The maximum atomic E-state index is 2.26. The zero-order valence-corrected chi connectivity index (χ0v) is 10.9. The molecule has 0 fully saturated rings. The van der Waals surface area contributed by atoms with Gasteiger partial charge in [-0.05, 0) is 39.0 Å². The van der Waals surface area contributed by atoms with Gasteiger partial charge in [-0.3, -0.25) is 0 Å². The Morgan fingerprint density at radius 1 is 0.688 bits per heavy atom. The number of allylic oxidation sites excluding steroid dienone is 8. The average molecular weight is 218 g/mol. The molecule has 0 heterocycles. The third-order valence-corrected chi connectivity index (χ3v) is 2.32. The molecule has 0 spiro atoms. The van der Waals surface area contributed by atoms with E-state index >= 15 is 0 Å². The number of rotatable bonds is 9. The molecule has 0 bridgehead atoms. The van der Waals surface area contributed by atoms with Crippen molar-refractivity contribution in [3.8, 4) is 0 Å². The molecular formula is C16H26. The van der Waals surface area contributed by atoms with E-state index in [2.05, 4.69) is 62.5 Å². The summed E-state index contributed by atoms with van der Waals surface area (Å²) in [5.41, 5.74) is 0. The summed E-state index contributed by atoms with van der Waals surface area (Å²) in [5, 5.41) is 0. The van der Waals surface area contributed by atoms with Crippen LogP contribution in [0.2, 0.25) is 0 Å². The number of hydrogen-bond donors (Lipinski definition) is 0. The Balaban J connectivity index is 3.27. The third kappa shape index (κ3) is 13.0. The van der Waals surface area contributed by atoms with Gasteiger partial charge in [0, 0.05) is 0 Å². The summed E-state index contributed by atoms with van der Waals surface area (Å²) < 4.78 is 0. The molecule has 0 heteroatoms. The molecule has 0 saturated heterocycles. The van der Waals surface area contributed by atoms with E-state index in [1.165, 1.54) is 32.1 Å². The summed E-state index contributed by atoms with van der Waals surface area (Å²) >= 11 is 0. The van der Waals surface area contributed by atoms with Gasteiger partial charge < -0.3 is 0 Å². The first-order chi connectivity index (χ1) is 7.91. The van der Waals surface area contributed by atoms with Crippen LogP contribution in [-0.4, -0.2) is 0 Å². The van der Waals surface area contributed by atoms with Gasteiger partial charge in [0.2, 0.25) is 0 Å². The van der Waals surface area contributed by atoms with Gasteiger partial charge in [0.05, 0.1) is 0 Å². The van der Waals surface area contributed by atoms with Gasteiger partial charge in [0.25, 0.3) is 0 Å². The Morgan fingerprint density at radius 3 is 1.94 bits per heavy atom. The van der Waals surface area contributed by atoms with Gasteiger partial charge in [-0.2, -0.15) is 0 Å². The summed E-state index contributed by atoms with van der Waals surface area (Å²) in [6.07, 6.45) is 24.8. The summed E-state index contributed by atoms with van der Waals surface area (Å²) in [5.74, 6) is 0. The van der Waals surface area contributed by atoms with E-state index in [-0.39, 0.29) is 0 Å². The van der Waals surface area contributed by atoms with Crippen LogP contribution in [-0.2, 0) is 0 Å². The molecule has 0 saturated carbocycles. The van der Waals surface area contributed by atoms with E-state index in [0.29, 0.717) is 0 Å². The molecule has 0 aromatic heterocycles. The minimum atomic E-state index is 1.11.